The van der Waals surface area contributed by atoms with E-state index in [1.165, 1.54) is 0 Å². The zero-order valence-electron chi connectivity index (χ0n) is 15.0. The molecule has 0 radical (unpaired) electrons. The van der Waals surface area contributed by atoms with Crippen molar-refractivity contribution in [3.8, 4) is 5.75 Å². The molecule has 0 bridgehead atoms. The second-order valence-corrected chi connectivity index (χ2v) is 7.63. The summed E-state index contributed by atoms with van der Waals surface area (Å²) in [5.41, 5.74) is 0.991. The monoisotopic (exact) mass is 466 g/mol. The van der Waals surface area contributed by atoms with Crippen LogP contribution in [0.4, 0.5) is 5.69 Å². The van der Waals surface area contributed by atoms with Gasteiger partial charge in [-0.1, -0.05) is 17.7 Å². The first-order valence-corrected chi connectivity index (χ1v) is 10.1. The second kappa shape index (κ2) is 9.91. The molecule has 148 valence electrons. The van der Waals surface area contributed by atoms with Gasteiger partial charge >= 0.3 is 0 Å². The maximum atomic E-state index is 12.3. The largest absolute Gasteiger partial charge is 0.483 e. The number of carbonyl (C=O) groups excluding carboxylic acids is 2. The molecule has 28 heavy (non-hydrogen) atoms. The molecule has 0 saturated carbocycles. The van der Waals surface area contributed by atoms with E-state index in [4.69, 9.17) is 21.1 Å². The third-order valence-corrected chi connectivity index (χ3v) is 5.03. The Morgan fingerprint density at radius 1 is 1.25 bits per heavy atom. The first kappa shape index (κ1) is 20.6. The molecule has 1 aliphatic heterocycles. The zero-order chi connectivity index (χ0) is 19.9. The first-order valence-electron chi connectivity index (χ1n) is 8.89. The lowest BCUT2D eigenvalue weighted by molar-refractivity contribution is -0.118. The first-order chi connectivity index (χ1) is 13.5. The van der Waals surface area contributed by atoms with Crippen molar-refractivity contribution < 1.29 is 19.1 Å². The van der Waals surface area contributed by atoms with E-state index in [2.05, 4.69) is 26.6 Å². The van der Waals surface area contributed by atoms with E-state index in [-0.39, 0.29) is 24.5 Å². The van der Waals surface area contributed by atoms with Gasteiger partial charge in [0, 0.05) is 29.4 Å². The quantitative estimate of drug-likeness (QED) is 0.645. The van der Waals surface area contributed by atoms with Gasteiger partial charge in [-0.25, -0.2) is 0 Å². The van der Waals surface area contributed by atoms with E-state index in [0.717, 1.165) is 19.4 Å². The molecule has 2 aromatic carbocycles. The van der Waals surface area contributed by atoms with Crippen LogP contribution in [0.25, 0.3) is 0 Å². The third-order valence-electron chi connectivity index (χ3n) is 4.18. The van der Waals surface area contributed by atoms with Gasteiger partial charge in [0.2, 0.25) is 0 Å². The summed E-state index contributed by atoms with van der Waals surface area (Å²) in [6.07, 6.45) is 2.06. The highest BCUT2D eigenvalue weighted by atomic mass is 79.9. The molecule has 1 fully saturated rings. The van der Waals surface area contributed by atoms with Crippen molar-refractivity contribution in [3.63, 3.8) is 0 Å². The highest BCUT2D eigenvalue weighted by Gasteiger charge is 2.17. The Labute approximate surface area is 176 Å². The average Bonchev–Trinajstić information content (AvgIpc) is 3.19. The Hall–Kier alpha value is -2.09. The minimum absolute atomic E-state index is 0.0798. The van der Waals surface area contributed by atoms with Crippen LogP contribution in [0.3, 0.4) is 0 Å². The molecule has 0 spiro atoms. The van der Waals surface area contributed by atoms with Gasteiger partial charge in [-0.3, -0.25) is 9.59 Å². The lowest BCUT2D eigenvalue weighted by Crippen LogP contribution is -2.31. The predicted molar refractivity (Wildman–Crippen MR) is 111 cm³/mol. The molecule has 0 aliphatic carbocycles. The van der Waals surface area contributed by atoms with Crippen molar-refractivity contribution in [2.24, 2.45) is 0 Å². The molecule has 1 heterocycles. The summed E-state index contributed by atoms with van der Waals surface area (Å²) in [6, 6.07) is 11.8. The Kier molecular flexibility index (Phi) is 7.30. The molecule has 2 amide bonds. The van der Waals surface area contributed by atoms with E-state index in [9.17, 15) is 9.59 Å². The lowest BCUT2D eigenvalue weighted by Gasteiger charge is -2.12. The van der Waals surface area contributed by atoms with Crippen LogP contribution in [-0.4, -0.2) is 37.7 Å². The van der Waals surface area contributed by atoms with Gasteiger partial charge in [0.25, 0.3) is 11.8 Å². The molecule has 8 heteroatoms. The maximum Gasteiger partial charge on any atom is 0.262 e. The standard InChI is InChI=1S/C20H20BrClN2O4/c21-17-10-14(22)6-7-18(17)28-12-19(25)24-15-4-1-3-13(9-15)20(26)23-11-16-5-2-8-27-16/h1,3-4,6-7,9-10,16H,2,5,8,11-12H2,(H,23,26)(H,24,25). The molecule has 1 saturated heterocycles. The Morgan fingerprint density at radius 2 is 2.11 bits per heavy atom. The fourth-order valence-electron chi connectivity index (χ4n) is 2.78. The molecule has 1 aliphatic rings. The van der Waals surface area contributed by atoms with Crippen LogP contribution in [-0.2, 0) is 9.53 Å². The molecule has 2 aromatic rings. The summed E-state index contributed by atoms with van der Waals surface area (Å²) in [5.74, 6) is -0.0199. The molecular weight excluding hydrogens is 448 g/mol. The molecule has 1 atom stereocenters. The number of amides is 2. The van der Waals surface area contributed by atoms with Crippen LogP contribution in [0.1, 0.15) is 23.2 Å². The van der Waals surface area contributed by atoms with Crippen LogP contribution >= 0.6 is 27.5 Å². The number of halogens is 2. The summed E-state index contributed by atoms with van der Waals surface area (Å²) in [5, 5.41) is 6.15. The number of carbonyl (C=O) groups is 2. The minimum atomic E-state index is -0.334. The number of nitrogens with one attached hydrogen (secondary N) is 2. The normalized spacial score (nSPS) is 15.9. The topological polar surface area (TPSA) is 76.7 Å². The van der Waals surface area contributed by atoms with Crippen molar-refractivity contribution in [1.29, 1.82) is 0 Å². The summed E-state index contributed by atoms with van der Waals surface area (Å²) in [6.45, 7) is 1.06. The van der Waals surface area contributed by atoms with Crippen molar-refractivity contribution >= 4 is 45.0 Å². The van der Waals surface area contributed by atoms with Gasteiger partial charge in [0.05, 0.1) is 10.6 Å². The minimum Gasteiger partial charge on any atom is -0.483 e. The van der Waals surface area contributed by atoms with Gasteiger partial charge in [0.1, 0.15) is 5.75 Å². The van der Waals surface area contributed by atoms with Gasteiger partial charge in [-0.2, -0.15) is 0 Å². The molecule has 3 rings (SSSR count). The molecule has 2 N–H and O–H groups in total. The van der Waals surface area contributed by atoms with Crippen molar-refractivity contribution in [3.05, 3.63) is 57.5 Å². The van der Waals surface area contributed by atoms with Crippen LogP contribution < -0.4 is 15.4 Å². The van der Waals surface area contributed by atoms with Gasteiger partial charge in [0.15, 0.2) is 6.61 Å². The predicted octanol–water partition coefficient (Wildman–Crippen LogP) is 4.03. The zero-order valence-corrected chi connectivity index (χ0v) is 17.4. The number of hydrogen-bond acceptors (Lipinski definition) is 4. The van der Waals surface area contributed by atoms with Crippen LogP contribution in [0, 0.1) is 0 Å². The molecular formula is C20H20BrClN2O4. The maximum absolute atomic E-state index is 12.3. The van der Waals surface area contributed by atoms with Crippen LogP contribution in [0.5, 0.6) is 5.75 Å². The highest BCUT2D eigenvalue weighted by molar-refractivity contribution is 9.10. The SMILES string of the molecule is O=C(COc1ccc(Cl)cc1Br)Nc1cccc(C(=O)NCC2CCCO2)c1. The van der Waals surface area contributed by atoms with Gasteiger partial charge in [-0.05, 0) is 65.2 Å². The third kappa shape index (κ3) is 5.95. The molecule has 6 nitrogen and oxygen atoms in total. The Morgan fingerprint density at radius 3 is 2.86 bits per heavy atom. The van der Waals surface area contributed by atoms with E-state index in [0.29, 0.717) is 33.0 Å². The summed E-state index contributed by atoms with van der Waals surface area (Å²) in [7, 11) is 0. The van der Waals surface area contributed by atoms with E-state index in [1.54, 1.807) is 42.5 Å². The smallest absolute Gasteiger partial charge is 0.262 e. The number of hydrogen-bond donors (Lipinski definition) is 2. The van der Waals surface area contributed by atoms with E-state index in [1.807, 2.05) is 0 Å². The van der Waals surface area contributed by atoms with Crippen molar-refractivity contribution in [1.82, 2.24) is 5.32 Å². The molecule has 1 unspecified atom stereocenters. The Balaban J connectivity index is 1.51. The summed E-state index contributed by atoms with van der Waals surface area (Å²) in [4.78, 5) is 24.4. The number of ether oxygens (including phenoxy) is 2. The molecule has 0 aromatic heterocycles. The van der Waals surface area contributed by atoms with E-state index >= 15 is 0 Å². The summed E-state index contributed by atoms with van der Waals surface area (Å²) < 4.78 is 11.7. The second-order valence-electron chi connectivity index (χ2n) is 6.34. The fourth-order valence-corrected chi connectivity index (χ4v) is 3.58. The van der Waals surface area contributed by atoms with Crippen molar-refractivity contribution in [2.45, 2.75) is 18.9 Å². The number of benzene rings is 2. The number of anilines is 1. The number of rotatable bonds is 7. The van der Waals surface area contributed by atoms with E-state index < -0.39 is 0 Å². The van der Waals surface area contributed by atoms with Gasteiger partial charge in [-0.15, -0.1) is 0 Å². The van der Waals surface area contributed by atoms with Crippen molar-refractivity contribution in [2.75, 3.05) is 25.1 Å². The Bertz CT molecular complexity index is 856. The fraction of sp³-hybridized carbons (Fsp3) is 0.300. The van der Waals surface area contributed by atoms with Crippen LogP contribution in [0.2, 0.25) is 5.02 Å². The highest BCUT2D eigenvalue weighted by Crippen LogP contribution is 2.27. The average molecular weight is 468 g/mol. The van der Waals surface area contributed by atoms with Gasteiger partial charge < -0.3 is 20.1 Å². The summed E-state index contributed by atoms with van der Waals surface area (Å²) >= 11 is 9.22. The lowest BCUT2D eigenvalue weighted by atomic mass is 10.1. The van der Waals surface area contributed by atoms with Crippen LogP contribution in [0.15, 0.2) is 46.9 Å².